The van der Waals surface area contributed by atoms with Crippen LogP contribution in [0.1, 0.15) is 18.9 Å². The lowest BCUT2D eigenvalue weighted by Gasteiger charge is -2.11. The molecule has 0 fully saturated rings. The summed E-state index contributed by atoms with van der Waals surface area (Å²) in [6, 6.07) is 8.56. The summed E-state index contributed by atoms with van der Waals surface area (Å²) in [4.78, 5) is 23.7. The molecule has 2 aromatic rings. The van der Waals surface area contributed by atoms with E-state index in [1.165, 1.54) is 6.07 Å². The highest BCUT2D eigenvalue weighted by molar-refractivity contribution is 5.90. The zero-order valence-corrected chi connectivity index (χ0v) is 14.2. The van der Waals surface area contributed by atoms with Crippen LogP contribution in [0.3, 0.4) is 0 Å². The fraction of sp³-hybridized carbons (Fsp3) is 0.333. The average molecular weight is 330 g/mol. The summed E-state index contributed by atoms with van der Waals surface area (Å²) in [7, 11) is 3.19. The molecule has 1 amide bonds. The van der Waals surface area contributed by atoms with Crippen molar-refractivity contribution < 1.29 is 14.3 Å². The van der Waals surface area contributed by atoms with E-state index in [-0.39, 0.29) is 11.5 Å². The molecule has 0 bridgehead atoms. The number of methoxy groups -OCH3 is 2. The quantitative estimate of drug-likeness (QED) is 0.847. The first-order valence-electron chi connectivity index (χ1n) is 7.78. The summed E-state index contributed by atoms with van der Waals surface area (Å²) in [5.74, 6) is 1.32. The number of anilines is 1. The van der Waals surface area contributed by atoms with Crippen LogP contribution < -0.4 is 20.3 Å². The first-order valence-corrected chi connectivity index (χ1v) is 7.78. The van der Waals surface area contributed by atoms with Gasteiger partial charge in [0.1, 0.15) is 11.5 Å². The highest BCUT2D eigenvalue weighted by Gasteiger charge is 2.09. The van der Waals surface area contributed by atoms with E-state index in [0.29, 0.717) is 25.1 Å². The maximum absolute atomic E-state index is 12.2. The van der Waals surface area contributed by atoms with Crippen LogP contribution in [0.2, 0.25) is 0 Å². The van der Waals surface area contributed by atoms with E-state index in [2.05, 4.69) is 5.32 Å². The van der Waals surface area contributed by atoms with E-state index < -0.39 is 0 Å². The number of nitrogens with one attached hydrogen (secondary N) is 1. The Hall–Kier alpha value is -2.76. The molecule has 0 radical (unpaired) electrons. The second-order valence-corrected chi connectivity index (χ2v) is 5.27. The lowest BCUT2D eigenvalue weighted by Crippen LogP contribution is -2.19. The molecular weight excluding hydrogens is 308 g/mol. The van der Waals surface area contributed by atoms with Crippen molar-refractivity contribution in [1.29, 1.82) is 0 Å². The van der Waals surface area contributed by atoms with E-state index >= 15 is 0 Å². The molecule has 1 aromatic heterocycles. The van der Waals surface area contributed by atoms with Crippen LogP contribution >= 0.6 is 0 Å². The fourth-order valence-electron chi connectivity index (χ4n) is 2.40. The van der Waals surface area contributed by atoms with Gasteiger partial charge in [-0.1, -0.05) is 0 Å². The molecule has 0 unspecified atom stereocenters. The van der Waals surface area contributed by atoms with Gasteiger partial charge in [-0.2, -0.15) is 0 Å². The number of aromatic nitrogens is 1. The molecule has 128 valence electrons. The van der Waals surface area contributed by atoms with E-state index in [0.717, 1.165) is 17.1 Å². The minimum absolute atomic E-state index is 0.0865. The standard InChI is InChI=1S/C18H22N2O4/c1-4-20-12-14(6-10-18(20)22)19-17(21)9-5-13-11-15(23-2)7-8-16(13)24-3/h6-8,10-12H,4-5,9H2,1-3H3,(H,19,21). The third-order valence-corrected chi connectivity index (χ3v) is 3.72. The number of amides is 1. The van der Waals surface area contributed by atoms with Crippen molar-refractivity contribution in [3.8, 4) is 11.5 Å². The predicted octanol–water partition coefficient (Wildman–Crippen LogP) is 2.46. The Bertz CT molecular complexity index is 768. The van der Waals surface area contributed by atoms with E-state index in [1.54, 1.807) is 31.0 Å². The number of aryl methyl sites for hydroxylation is 2. The van der Waals surface area contributed by atoms with Gasteiger partial charge in [0.25, 0.3) is 5.56 Å². The van der Waals surface area contributed by atoms with Crippen molar-refractivity contribution >= 4 is 11.6 Å². The zero-order valence-electron chi connectivity index (χ0n) is 14.2. The van der Waals surface area contributed by atoms with Crippen molar-refractivity contribution in [2.24, 2.45) is 0 Å². The minimum atomic E-state index is -0.124. The van der Waals surface area contributed by atoms with Crippen molar-refractivity contribution in [1.82, 2.24) is 4.57 Å². The van der Waals surface area contributed by atoms with E-state index in [4.69, 9.17) is 9.47 Å². The molecule has 1 aromatic carbocycles. The van der Waals surface area contributed by atoms with Crippen LogP contribution in [0.5, 0.6) is 11.5 Å². The molecule has 2 rings (SSSR count). The van der Waals surface area contributed by atoms with Gasteiger partial charge in [-0.3, -0.25) is 9.59 Å². The second-order valence-electron chi connectivity index (χ2n) is 5.27. The summed E-state index contributed by atoms with van der Waals surface area (Å²) in [6.45, 7) is 2.44. The summed E-state index contributed by atoms with van der Waals surface area (Å²) in [5.41, 5.74) is 1.43. The zero-order chi connectivity index (χ0) is 17.5. The second kappa shape index (κ2) is 8.19. The molecule has 1 N–H and O–H groups in total. The molecule has 0 spiro atoms. The minimum Gasteiger partial charge on any atom is -0.497 e. The van der Waals surface area contributed by atoms with Gasteiger partial charge in [0.2, 0.25) is 5.91 Å². The van der Waals surface area contributed by atoms with Crippen LogP contribution in [0, 0.1) is 0 Å². The fourth-order valence-corrected chi connectivity index (χ4v) is 2.40. The average Bonchev–Trinajstić information content (AvgIpc) is 2.61. The van der Waals surface area contributed by atoms with E-state index in [9.17, 15) is 9.59 Å². The number of hydrogen-bond acceptors (Lipinski definition) is 4. The van der Waals surface area contributed by atoms with Gasteiger partial charge >= 0.3 is 0 Å². The molecule has 0 atom stereocenters. The number of carbonyl (C=O) groups is 1. The lowest BCUT2D eigenvalue weighted by atomic mass is 10.1. The first kappa shape index (κ1) is 17.6. The summed E-state index contributed by atoms with van der Waals surface area (Å²) in [5, 5.41) is 2.81. The Morgan fingerprint density at radius 3 is 2.62 bits per heavy atom. The Labute approximate surface area is 141 Å². The van der Waals surface area contributed by atoms with Crippen LogP contribution in [-0.4, -0.2) is 24.7 Å². The maximum atomic E-state index is 12.2. The normalized spacial score (nSPS) is 10.3. The van der Waals surface area contributed by atoms with Crippen LogP contribution in [0.15, 0.2) is 41.3 Å². The van der Waals surface area contributed by atoms with Crippen LogP contribution in [-0.2, 0) is 17.8 Å². The van der Waals surface area contributed by atoms with Gasteiger partial charge in [0.15, 0.2) is 0 Å². The molecule has 0 aliphatic heterocycles. The largest absolute Gasteiger partial charge is 0.497 e. The number of pyridine rings is 1. The third kappa shape index (κ3) is 4.38. The van der Waals surface area contributed by atoms with Crippen LogP contribution in [0.4, 0.5) is 5.69 Å². The first-order chi connectivity index (χ1) is 11.6. The Kier molecular flexibility index (Phi) is 6.01. The topological polar surface area (TPSA) is 69.6 Å². The predicted molar refractivity (Wildman–Crippen MR) is 92.9 cm³/mol. The molecule has 1 heterocycles. The lowest BCUT2D eigenvalue weighted by molar-refractivity contribution is -0.116. The number of nitrogens with zero attached hydrogens (tertiary/aromatic N) is 1. The Morgan fingerprint density at radius 1 is 1.17 bits per heavy atom. The highest BCUT2D eigenvalue weighted by atomic mass is 16.5. The highest BCUT2D eigenvalue weighted by Crippen LogP contribution is 2.25. The molecular formula is C18H22N2O4. The van der Waals surface area contributed by atoms with Crippen molar-refractivity contribution in [3.05, 3.63) is 52.4 Å². The van der Waals surface area contributed by atoms with Gasteiger partial charge in [0.05, 0.1) is 19.9 Å². The van der Waals surface area contributed by atoms with Gasteiger partial charge in [-0.05, 0) is 43.2 Å². The molecule has 0 saturated carbocycles. The molecule has 0 aliphatic carbocycles. The molecule has 6 nitrogen and oxygen atoms in total. The third-order valence-electron chi connectivity index (χ3n) is 3.72. The van der Waals surface area contributed by atoms with Crippen LogP contribution in [0.25, 0.3) is 0 Å². The van der Waals surface area contributed by atoms with Crippen molar-refractivity contribution in [2.45, 2.75) is 26.3 Å². The maximum Gasteiger partial charge on any atom is 0.250 e. The number of rotatable bonds is 7. The number of hydrogen-bond donors (Lipinski definition) is 1. The molecule has 0 saturated heterocycles. The van der Waals surface area contributed by atoms with Crippen molar-refractivity contribution in [2.75, 3.05) is 19.5 Å². The summed E-state index contributed by atoms with van der Waals surface area (Å²) < 4.78 is 12.1. The van der Waals surface area contributed by atoms with Gasteiger partial charge < -0.3 is 19.4 Å². The van der Waals surface area contributed by atoms with Gasteiger partial charge in [-0.15, -0.1) is 0 Å². The summed E-state index contributed by atoms with van der Waals surface area (Å²) in [6.07, 6.45) is 2.47. The monoisotopic (exact) mass is 330 g/mol. The summed E-state index contributed by atoms with van der Waals surface area (Å²) >= 11 is 0. The SMILES string of the molecule is CCn1cc(NC(=O)CCc2cc(OC)ccc2OC)ccc1=O. The number of ether oxygens (including phenoxy) is 2. The number of carbonyl (C=O) groups excluding carboxylic acids is 1. The number of benzene rings is 1. The smallest absolute Gasteiger partial charge is 0.250 e. The van der Waals surface area contributed by atoms with Gasteiger partial charge in [-0.25, -0.2) is 0 Å². The Morgan fingerprint density at radius 2 is 1.96 bits per heavy atom. The van der Waals surface area contributed by atoms with Gasteiger partial charge in [0, 0.05) is 25.2 Å². The molecule has 0 aliphatic rings. The Balaban J connectivity index is 2.02. The molecule has 24 heavy (non-hydrogen) atoms. The van der Waals surface area contributed by atoms with E-state index in [1.807, 2.05) is 25.1 Å². The molecule has 6 heteroatoms. The van der Waals surface area contributed by atoms with Crippen molar-refractivity contribution in [3.63, 3.8) is 0 Å².